The van der Waals surface area contributed by atoms with E-state index in [-0.39, 0.29) is 17.5 Å². The molecule has 0 bridgehead atoms. The van der Waals surface area contributed by atoms with Crippen molar-refractivity contribution in [2.75, 3.05) is 7.05 Å². The Balaban J connectivity index is 1.93. The van der Waals surface area contributed by atoms with E-state index in [9.17, 15) is 9.18 Å². The van der Waals surface area contributed by atoms with E-state index in [4.69, 9.17) is 0 Å². The third kappa shape index (κ3) is 3.67. The molecule has 0 fully saturated rings. The highest BCUT2D eigenvalue weighted by Gasteiger charge is 2.25. The van der Waals surface area contributed by atoms with E-state index in [1.165, 1.54) is 11.0 Å². The number of hydrogen-bond acceptors (Lipinski definition) is 3. The fourth-order valence-corrected chi connectivity index (χ4v) is 3.23. The Kier molecular flexibility index (Phi) is 5.58. The van der Waals surface area contributed by atoms with Crippen LogP contribution >= 0.6 is 0 Å². The van der Waals surface area contributed by atoms with Crippen molar-refractivity contribution in [3.63, 3.8) is 0 Å². The molecule has 1 aromatic heterocycles. The molecule has 2 aromatic carbocycles. The number of para-hydroxylation sites is 1. The number of halogens is 1. The van der Waals surface area contributed by atoms with Gasteiger partial charge in [0.05, 0.1) is 11.7 Å². The number of amides is 1. The molecule has 6 heteroatoms. The SMILES string of the molecule is Cc1nc(C(=O)N(C)C(C)c2ccccc2F)nn1-c1ccccc1C(C)C. The van der Waals surface area contributed by atoms with Crippen LogP contribution in [-0.2, 0) is 0 Å². The molecule has 146 valence electrons. The molecule has 3 aromatic rings. The van der Waals surface area contributed by atoms with Crippen LogP contribution in [0.5, 0.6) is 0 Å². The molecule has 5 nitrogen and oxygen atoms in total. The van der Waals surface area contributed by atoms with Gasteiger partial charge in [0, 0.05) is 12.6 Å². The smallest absolute Gasteiger partial charge is 0.293 e. The Morgan fingerprint density at radius 1 is 1.04 bits per heavy atom. The fraction of sp³-hybridized carbons (Fsp3) is 0.318. The average molecular weight is 380 g/mol. The van der Waals surface area contributed by atoms with E-state index in [1.807, 2.05) is 25.1 Å². The summed E-state index contributed by atoms with van der Waals surface area (Å²) in [6, 6.07) is 14.0. The first-order valence-corrected chi connectivity index (χ1v) is 9.35. The molecule has 0 saturated carbocycles. The number of rotatable bonds is 5. The Morgan fingerprint density at radius 3 is 2.29 bits per heavy atom. The summed E-state index contributed by atoms with van der Waals surface area (Å²) in [6.45, 7) is 7.83. The lowest BCUT2D eigenvalue weighted by Crippen LogP contribution is -2.31. The maximum atomic E-state index is 14.1. The first-order valence-electron chi connectivity index (χ1n) is 9.35. The molecule has 1 amide bonds. The summed E-state index contributed by atoms with van der Waals surface area (Å²) >= 11 is 0. The second-order valence-corrected chi connectivity index (χ2v) is 7.22. The zero-order valence-electron chi connectivity index (χ0n) is 16.8. The van der Waals surface area contributed by atoms with Crippen molar-refractivity contribution >= 4 is 5.91 Å². The van der Waals surface area contributed by atoms with Gasteiger partial charge in [-0.1, -0.05) is 50.2 Å². The van der Waals surface area contributed by atoms with Crippen LogP contribution in [0.2, 0.25) is 0 Å². The van der Waals surface area contributed by atoms with Gasteiger partial charge >= 0.3 is 0 Å². The van der Waals surface area contributed by atoms with E-state index in [1.54, 1.807) is 36.9 Å². The summed E-state index contributed by atoms with van der Waals surface area (Å²) in [6.07, 6.45) is 0. The van der Waals surface area contributed by atoms with Crippen LogP contribution in [0, 0.1) is 12.7 Å². The molecular formula is C22H25FN4O. The number of benzene rings is 2. The number of carbonyl (C=O) groups excluding carboxylic acids is 1. The summed E-state index contributed by atoms with van der Waals surface area (Å²) in [5.74, 6) is 0.350. The van der Waals surface area contributed by atoms with Gasteiger partial charge in [0.15, 0.2) is 0 Å². The van der Waals surface area contributed by atoms with E-state index >= 15 is 0 Å². The summed E-state index contributed by atoms with van der Waals surface area (Å²) in [5.41, 5.74) is 2.49. The third-order valence-electron chi connectivity index (χ3n) is 5.00. The lowest BCUT2D eigenvalue weighted by atomic mass is 10.0. The van der Waals surface area contributed by atoms with Crippen molar-refractivity contribution in [1.29, 1.82) is 0 Å². The van der Waals surface area contributed by atoms with Gasteiger partial charge in [-0.15, -0.1) is 5.10 Å². The quantitative estimate of drug-likeness (QED) is 0.646. The van der Waals surface area contributed by atoms with Crippen LogP contribution in [0.1, 0.15) is 60.3 Å². The molecule has 0 radical (unpaired) electrons. The maximum absolute atomic E-state index is 14.1. The molecule has 0 saturated heterocycles. The molecule has 0 spiro atoms. The summed E-state index contributed by atoms with van der Waals surface area (Å²) in [4.78, 5) is 18.8. The van der Waals surface area contributed by atoms with E-state index in [2.05, 4.69) is 30.0 Å². The Morgan fingerprint density at radius 2 is 1.64 bits per heavy atom. The van der Waals surface area contributed by atoms with Crippen molar-refractivity contribution in [1.82, 2.24) is 19.7 Å². The largest absolute Gasteiger partial charge is 0.332 e. The Bertz CT molecular complexity index is 996. The van der Waals surface area contributed by atoms with E-state index in [0.29, 0.717) is 17.3 Å². The molecule has 0 N–H and O–H groups in total. The van der Waals surface area contributed by atoms with Gasteiger partial charge in [0.25, 0.3) is 5.91 Å². The minimum absolute atomic E-state index is 0.0988. The minimum Gasteiger partial charge on any atom is -0.332 e. The van der Waals surface area contributed by atoms with Gasteiger partial charge in [-0.25, -0.2) is 14.1 Å². The van der Waals surface area contributed by atoms with Gasteiger partial charge in [-0.3, -0.25) is 4.79 Å². The van der Waals surface area contributed by atoms with Gasteiger partial charge in [0.2, 0.25) is 5.82 Å². The van der Waals surface area contributed by atoms with E-state index in [0.717, 1.165) is 11.3 Å². The number of aromatic nitrogens is 3. The van der Waals surface area contributed by atoms with Gasteiger partial charge in [-0.05, 0) is 37.5 Å². The highest BCUT2D eigenvalue weighted by Crippen LogP contribution is 2.25. The third-order valence-corrected chi connectivity index (χ3v) is 5.00. The molecule has 0 aliphatic carbocycles. The van der Waals surface area contributed by atoms with Crippen LogP contribution in [0.15, 0.2) is 48.5 Å². The van der Waals surface area contributed by atoms with Gasteiger partial charge in [-0.2, -0.15) is 0 Å². The summed E-state index contributed by atoms with van der Waals surface area (Å²) in [5, 5.41) is 4.46. The van der Waals surface area contributed by atoms with Crippen molar-refractivity contribution in [2.24, 2.45) is 0 Å². The van der Waals surface area contributed by atoms with Crippen molar-refractivity contribution in [3.8, 4) is 5.69 Å². The predicted molar refractivity (Wildman–Crippen MR) is 107 cm³/mol. The zero-order chi connectivity index (χ0) is 20.4. The lowest BCUT2D eigenvalue weighted by Gasteiger charge is -2.24. The zero-order valence-corrected chi connectivity index (χ0v) is 16.8. The monoisotopic (exact) mass is 380 g/mol. The summed E-state index contributed by atoms with van der Waals surface area (Å²) < 4.78 is 15.8. The Labute approximate surface area is 164 Å². The van der Waals surface area contributed by atoms with Crippen LogP contribution in [0.25, 0.3) is 5.69 Å². The lowest BCUT2D eigenvalue weighted by molar-refractivity contribution is 0.0728. The highest BCUT2D eigenvalue weighted by atomic mass is 19.1. The molecule has 28 heavy (non-hydrogen) atoms. The first kappa shape index (κ1) is 19.7. The minimum atomic E-state index is -0.441. The fourth-order valence-electron chi connectivity index (χ4n) is 3.23. The molecule has 3 rings (SSSR count). The van der Waals surface area contributed by atoms with Crippen molar-refractivity contribution in [3.05, 3.63) is 77.1 Å². The molecule has 1 heterocycles. The van der Waals surface area contributed by atoms with Crippen molar-refractivity contribution < 1.29 is 9.18 Å². The van der Waals surface area contributed by atoms with Crippen molar-refractivity contribution in [2.45, 2.75) is 39.7 Å². The number of hydrogen-bond donors (Lipinski definition) is 0. The maximum Gasteiger partial charge on any atom is 0.293 e. The average Bonchev–Trinajstić information content (AvgIpc) is 3.08. The van der Waals surface area contributed by atoms with Crippen LogP contribution in [0.3, 0.4) is 0 Å². The first-order chi connectivity index (χ1) is 13.3. The topological polar surface area (TPSA) is 51.0 Å². The second-order valence-electron chi connectivity index (χ2n) is 7.22. The number of aryl methyl sites for hydroxylation is 1. The summed E-state index contributed by atoms with van der Waals surface area (Å²) in [7, 11) is 1.64. The highest BCUT2D eigenvalue weighted by molar-refractivity contribution is 5.90. The van der Waals surface area contributed by atoms with Gasteiger partial charge in [0.1, 0.15) is 11.6 Å². The Hall–Kier alpha value is -3.02. The van der Waals surface area contributed by atoms with E-state index < -0.39 is 6.04 Å². The normalized spacial score (nSPS) is 12.2. The standard InChI is InChI=1S/C22H25FN4O/c1-14(2)17-10-7-9-13-20(17)27-16(4)24-21(25-27)22(28)26(5)15(3)18-11-6-8-12-19(18)23/h6-15H,1-5H3. The molecule has 1 atom stereocenters. The predicted octanol–water partition coefficient (Wildman–Crippen LogP) is 4.67. The number of carbonyl (C=O) groups is 1. The molecular weight excluding hydrogens is 355 g/mol. The number of nitrogens with zero attached hydrogens (tertiary/aromatic N) is 4. The van der Waals surface area contributed by atoms with Gasteiger partial charge < -0.3 is 4.90 Å². The molecule has 0 aliphatic rings. The van der Waals surface area contributed by atoms with Crippen LogP contribution < -0.4 is 0 Å². The molecule has 1 unspecified atom stereocenters. The van der Waals surface area contributed by atoms with Crippen LogP contribution in [-0.4, -0.2) is 32.6 Å². The second kappa shape index (κ2) is 7.92. The van der Waals surface area contributed by atoms with Crippen LogP contribution in [0.4, 0.5) is 4.39 Å². The molecule has 0 aliphatic heterocycles.